The van der Waals surface area contributed by atoms with E-state index < -0.39 is 0 Å². The Hall–Kier alpha value is -2.99. The lowest BCUT2D eigenvalue weighted by Gasteiger charge is -2.42. The van der Waals surface area contributed by atoms with Crippen LogP contribution in [-0.4, -0.2) is 77.0 Å². The van der Waals surface area contributed by atoms with E-state index in [9.17, 15) is 0 Å². The number of nitrogens with zero attached hydrogens (tertiary/aromatic N) is 4. The first kappa shape index (κ1) is 22.5. The molecular formula is C30H35N5. The van der Waals surface area contributed by atoms with Crippen LogP contribution in [0, 0.1) is 0 Å². The molecule has 1 aromatic heterocycles. The van der Waals surface area contributed by atoms with Crippen molar-refractivity contribution in [3.05, 3.63) is 78.4 Å². The number of likely N-dealkylation sites (tertiary alicyclic amines) is 1. The van der Waals surface area contributed by atoms with Gasteiger partial charge in [0.15, 0.2) is 0 Å². The Morgan fingerprint density at radius 3 is 2.29 bits per heavy atom. The van der Waals surface area contributed by atoms with Crippen molar-refractivity contribution in [3.63, 3.8) is 0 Å². The lowest BCUT2D eigenvalue weighted by Crippen LogP contribution is -2.52. The van der Waals surface area contributed by atoms with Crippen LogP contribution >= 0.6 is 0 Å². The van der Waals surface area contributed by atoms with Crippen molar-refractivity contribution < 1.29 is 0 Å². The quantitative estimate of drug-likeness (QED) is 0.445. The molecule has 6 rings (SSSR count). The van der Waals surface area contributed by atoms with Crippen molar-refractivity contribution in [2.24, 2.45) is 0 Å². The van der Waals surface area contributed by atoms with Crippen LogP contribution in [0.1, 0.15) is 18.4 Å². The van der Waals surface area contributed by atoms with Gasteiger partial charge in [-0.15, -0.1) is 0 Å². The summed E-state index contributed by atoms with van der Waals surface area (Å²) in [6, 6.07) is 26.8. The monoisotopic (exact) mass is 465 g/mol. The van der Waals surface area contributed by atoms with Crippen LogP contribution in [0.25, 0.3) is 33.5 Å². The molecular weight excluding hydrogens is 430 g/mol. The average molecular weight is 466 g/mol. The fourth-order valence-electron chi connectivity index (χ4n) is 5.66. The maximum atomic E-state index is 4.74. The molecule has 5 heteroatoms. The van der Waals surface area contributed by atoms with E-state index in [0.29, 0.717) is 0 Å². The molecule has 0 aliphatic carbocycles. The van der Waals surface area contributed by atoms with Crippen molar-refractivity contribution in [1.29, 1.82) is 0 Å². The topological polar surface area (TPSA) is 38.4 Å². The van der Waals surface area contributed by atoms with Crippen molar-refractivity contribution >= 4 is 11.0 Å². The zero-order valence-corrected chi connectivity index (χ0v) is 20.7. The van der Waals surface area contributed by atoms with Gasteiger partial charge in [-0.25, -0.2) is 4.98 Å². The highest BCUT2D eigenvalue weighted by atomic mass is 15.3. The molecule has 0 amide bonds. The highest BCUT2D eigenvalue weighted by Gasteiger charge is 2.26. The number of piperazine rings is 1. The van der Waals surface area contributed by atoms with Gasteiger partial charge in [0.1, 0.15) is 5.82 Å². The number of fused-ring (bicyclic) bond motifs is 1. The maximum absolute atomic E-state index is 4.74. The number of H-pyrrole nitrogens is 1. The summed E-state index contributed by atoms with van der Waals surface area (Å²) >= 11 is 0. The predicted octanol–water partition coefficient (Wildman–Crippen LogP) is 5.11. The third kappa shape index (κ3) is 5.03. The van der Waals surface area contributed by atoms with E-state index in [0.717, 1.165) is 35.0 Å². The standard InChI is InChI=1S/C30H35N5/c1-33-15-13-27(14-16-33)35-19-17-34(18-20-35)22-23-5-4-6-26(21-23)24-9-11-25(12-10-24)30-31-28-7-2-3-8-29(28)32-30/h2-12,21,27H,13-20,22H2,1H3,(H,31,32). The van der Waals surface area contributed by atoms with Crippen LogP contribution in [-0.2, 0) is 6.54 Å². The largest absolute Gasteiger partial charge is 0.338 e. The van der Waals surface area contributed by atoms with E-state index in [1.165, 1.54) is 68.8 Å². The molecule has 35 heavy (non-hydrogen) atoms. The number of nitrogens with one attached hydrogen (secondary N) is 1. The van der Waals surface area contributed by atoms with Crippen molar-refractivity contribution in [3.8, 4) is 22.5 Å². The maximum Gasteiger partial charge on any atom is 0.138 e. The van der Waals surface area contributed by atoms with Gasteiger partial charge in [-0.2, -0.15) is 0 Å². The summed E-state index contributed by atoms with van der Waals surface area (Å²) in [5.41, 5.74) is 7.13. The van der Waals surface area contributed by atoms with Crippen molar-refractivity contribution in [2.75, 3.05) is 46.3 Å². The molecule has 0 atom stereocenters. The summed E-state index contributed by atoms with van der Waals surface area (Å²) in [5, 5.41) is 0. The Kier molecular flexibility index (Phi) is 6.38. The molecule has 0 unspecified atom stereocenters. The summed E-state index contributed by atoms with van der Waals surface area (Å²) in [7, 11) is 2.25. The third-order valence-corrected chi connectivity index (χ3v) is 7.83. The number of para-hydroxylation sites is 2. The van der Waals surface area contributed by atoms with Gasteiger partial charge in [-0.3, -0.25) is 9.80 Å². The van der Waals surface area contributed by atoms with Gasteiger partial charge >= 0.3 is 0 Å². The molecule has 3 heterocycles. The molecule has 180 valence electrons. The van der Waals surface area contributed by atoms with Crippen LogP contribution in [0.2, 0.25) is 0 Å². The van der Waals surface area contributed by atoms with E-state index in [1.807, 2.05) is 18.2 Å². The van der Waals surface area contributed by atoms with E-state index in [1.54, 1.807) is 0 Å². The fourth-order valence-corrected chi connectivity index (χ4v) is 5.66. The van der Waals surface area contributed by atoms with Gasteiger partial charge in [0.05, 0.1) is 11.0 Å². The number of hydrogen-bond donors (Lipinski definition) is 1. The summed E-state index contributed by atoms with van der Waals surface area (Å²) in [6.07, 6.45) is 2.65. The third-order valence-electron chi connectivity index (χ3n) is 7.83. The molecule has 5 nitrogen and oxygen atoms in total. The Morgan fingerprint density at radius 2 is 1.51 bits per heavy atom. The second kappa shape index (κ2) is 9.94. The SMILES string of the molecule is CN1CCC(N2CCN(Cc3cccc(-c4ccc(-c5nc6ccccc6[nH]5)cc4)c3)CC2)CC1. The Labute approximate surface area is 208 Å². The minimum absolute atomic E-state index is 0.791. The predicted molar refractivity (Wildman–Crippen MR) is 144 cm³/mol. The number of benzene rings is 3. The van der Waals surface area contributed by atoms with E-state index in [4.69, 9.17) is 4.98 Å². The molecule has 3 aromatic carbocycles. The molecule has 4 aromatic rings. The summed E-state index contributed by atoms with van der Waals surface area (Å²) in [5.74, 6) is 0.922. The van der Waals surface area contributed by atoms with Gasteiger partial charge < -0.3 is 9.88 Å². The van der Waals surface area contributed by atoms with E-state index in [2.05, 4.69) is 81.3 Å². The summed E-state index contributed by atoms with van der Waals surface area (Å²) < 4.78 is 0. The zero-order chi connectivity index (χ0) is 23.6. The van der Waals surface area contributed by atoms with Crippen molar-refractivity contribution in [1.82, 2.24) is 24.7 Å². The Balaban J connectivity index is 1.09. The van der Waals surface area contributed by atoms with Crippen LogP contribution in [0.5, 0.6) is 0 Å². The van der Waals surface area contributed by atoms with E-state index in [-0.39, 0.29) is 0 Å². The van der Waals surface area contributed by atoms with Gasteiger partial charge in [0.25, 0.3) is 0 Å². The number of hydrogen-bond acceptors (Lipinski definition) is 4. The zero-order valence-electron chi connectivity index (χ0n) is 20.7. The van der Waals surface area contributed by atoms with Gasteiger partial charge in [-0.1, -0.05) is 54.6 Å². The molecule has 1 N–H and O–H groups in total. The number of piperidine rings is 1. The highest BCUT2D eigenvalue weighted by Crippen LogP contribution is 2.26. The number of aromatic nitrogens is 2. The van der Waals surface area contributed by atoms with E-state index >= 15 is 0 Å². The fraction of sp³-hybridized carbons (Fsp3) is 0.367. The van der Waals surface area contributed by atoms with Gasteiger partial charge in [0, 0.05) is 44.3 Å². The molecule has 0 saturated carbocycles. The van der Waals surface area contributed by atoms with Crippen LogP contribution in [0.3, 0.4) is 0 Å². The first-order chi connectivity index (χ1) is 17.2. The minimum Gasteiger partial charge on any atom is -0.338 e. The number of imidazole rings is 1. The highest BCUT2D eigenvalue weighted by molar-refractivity contribution is 5.79. The summed E-state index contributed by atoms with van der Waals surface area (Å²) in [4.78, 5) is 16.0. The molecule has 0 bridgehead atoms. The minimum atomic E-state index is 0.791. The second-order valence-electron chi connectivity index (χ2n) is 10.2. The number of rotatable bonds is 5. The van der Waals surface area contributed by atoms with Crippen LogP contribution in [0.15, 0.2) is 72.8 Å². The molecule has 2 aliphatic rings. The average Bonchev–Trinajstić information content (AvgIpc) is 3.34. The normalized spacial score (nSPS) is 18.9. The van der Waals surface area contributed by atoms with Gasteiger partial charge in [-0.05, 0) is 67.9 Å². The molecule has 2 fully saturated rings. The molecule has 0 radical (unpaired) electrons. The Bertz CT molecular complexity index is 1230. The first-order valence-corrected chi connectivity index (χ1v) is 13.0. The first-order valence-electron chi connectivity index (χ1n) is 13.0. The second-order valence-corrected chi connectivity index (χ2v) is 10.2. The lowest BCUT2D eigenvalue weighted by molar-refractivity contribution is 0.0618. The molecule has 0 spiro atoms. The Morgan fingerprint density at radius 1 is 0.771 bits per heavy atom. The molecule has 2 saturated heterocycles. The van der Waals surface area contributed by atoms with Gasteiger partial charge in [0.2, 0.25) is 0 Å². The summed E-state index contributed by atoms with van der Waals surface area (Å²) in [6.45, 7) is 8.28. The molecule has 2 aliphatic heterocycles. The van der Waals surface area contributed by atoms with Crippen LogP contribution < -0.4 is 0 Å². The van der Waals surface area contributed by atoms with Crippen LogP contribution in [0.4, 0.5) is 0 Å². The van der Waals surface area contributed by atoms with Crippen molar-refractivity contribution in [2.45, 2.75) is 25.4 Å². The lowest BCUT2D eigenvalue weighted by atomic mass is 10.0. The smallest absolute Gasteiger partial charge is 0.138 e. The number of aromatic amines is 1.